The summed E-state index contributed by atoms with van der Waals surface area (Å²) in [6, 6.07) is 14.0. The molecule has 7 heteroatoms. The maximum atomic E-state index is 13.6. The number of amides is 1. The van der Waals surface area contributed by atoms with E-state index in [4.69, 9.17) is 0 Å². The minimum atomic E-state index is -0.277. The number of hydrogen-bond acceptors (Lipinski definition) is 4. The molecule has 0 bridgehead atoms. The van der Waals surface area contributed by atoms with Gasteiger partial charge in [-0.1, -0.05) is 29.5 Å². The smallest absolute Gasteiger partial charge is 0.227 e. The highest BCUT2D eigenvalue weighted by Crippen LogP contribution is 2.34. The number of benzene rings is 1. The van der Waals surface area contributed by atoms with E-state index in [1.807, 2.05) is 41.4 Å². The van der Waals surface area contributed by atoms with Crippen molar-refractivity contribution in [3.63, 3.8) is 0 Å². The van der Waals surface area contributed by atoms with Gasteiger partial charge in [-0.25, -0.2) is 8.91 Å². The first-order chi connectivity index (χ1) is 14.7. The molecule has 0 aliphatic carbocycles. The maximum absolute atomic E-state index is 13.6. The van der Waals surface area contributed by atoms with E-state index in [-0.39, 0.29) is 17.8 Å². The van der Waals surface area contributed by atoms with E-state index < -0.39 is 0 Å². The van der Waals surface area contributed by atoms with Crippen LogP contribution in [0.5, 0.6) is 0 Å². The summed E-state index contributed by atoms with van der Waals surface area (Å²) in [7, 11) is 0. The number of rotatable bonds is 4. The van der Waals surface area contributed by atoms with Gasteiger partial charge < -0.3 is 4.90 Å². The van der Waals surface area contributed by atoms with Gasteiger partial charge in [0.05, 0.1) is 18.0 Å². The normalized spacial score (nSPS) is 16.3. The molecule has 4 heterocycles. The first kappa shape index (κ1) is 18.4. The van der Waals surface area contributed by atoms with Gasteiger partial charge in [-0.3, -0.25) is 9.78 Å². The second-order valence-corrected chi connectivity index (χ2v) is 7.52. The molecule has 1 amide bonds. The quantitative estimate of drug-likeness (QED) is 0.521. The SMILES string of the molecule is O=C(Cc1cccnc1)N1CCC[C@@H]1c1nnn2cc(-c3cccc(F)c3)ccc12. The molecule has 0 saturated carbocycles. The largest absolute Gasteiger partial charge is 0.334 e. The van der Waals surface area contributed by atoms with E-state index >= 15 is 0 Å². The lowest BCUT2D eigenvalue weighted by Crippen LogP contribution is -2.32. The fourth-order valence-corrected chi connectivity index (χ4v) is 4.12. The zero-order chi connectivity index (χ0) is 20.5. The number of likely N-dealkylation sites (tertiary alicyclic amines) is 1. The predicted molar refractivity (Wildman–Crippen MR) is 110 cm³/mol. The van der Waals surface area contributed by atoms with Gasteiger partial charge >= 0.3 is 0 Å². The highest BCUT2D eigenvalue weighted by Gasteiger charge is 2.33. The Hall–Kier alpha value is -3.61. The van der Waals surface area contributed by atoms with E-state index in [0.717, 1.165) is 40.7 Å². The third kappa shape index (κ3) is 3.43. The molecule has 1 aliphatic rings. The van der Waals surface area contributed by atoms with Crippen molar-refractivity contribution in [1.82, 2.24) is 24.7 Å². The second kappa shape index (κ2) is 7.67. The van der Waals surface area contributed by atoms with Crippen LogP contribution in [0, 0.1) is 5.82 Å². The lowest BCUT2D eigenvalue weighted by molar-refractivity contribution is -0.131. The number of carbonyl (C=O) groups excluding carboxylic acids is 1. The van der Waals surface area contributed by atoms with E-state index in [2.05, 4.69) is 15.3 Å². The van der Waals surface area contributed by atoms with Crippen molar-refractivity contribution in [1.29, 1.82) is 0 Å². The van der Waals surface area contributed by atoms with Crippen molar-refractivity contribution in [2.24, 2.45) is 0 Å². The van der Waals surface area contributed by atoms with Crippen LogP contribution in [0.1, 0.15) is 30.1 Å². The minimum Gasteiger partial charge on any atom is -0.334 e. The molecule has 0 spiro atoms. The lowest BCUT2D eigenvalue weighted by atomic mass is 10.1. The van der Waals surface area contributed by atoms with Crippen molar-refractivity contribution in [2.75, 3.05) is 6.54 Å². The molecule has 30 heavy (non-hydrogen) atoms. The van der Waals surface area contributed by atoms with Gasteiger partial charge in [-0.2, -0.15) is 0 Å². The predicted octanol–water partition coefficient (Wildman–Crippen LogP) is 3.84. The number of fused-ring (bicyclic) bond motifs is 1. The zero-order valence-corrected chi connectivity index (χ0v) is 16.3. The average Bonchev–Trinajstić information content (AvgIpc) is 3.41. The van der Waals surface area contributed by atoms with Gasteiger partial charge in [0, 0.05) is 30.7 Å². The molecule has 6 nitrogen and oxygen atoms in total. The van der Waals surface area contributed by atoms with Crippen LogP contribution >= 0.6 is 0 Å². The van der Waals surface area contributed by atoms with Crippen molar-refractivity contribution >= 4 is 11.4 Å². The summed E-state index contributed by atoms with van der Waals surface area (Å²) in [6.45, 7) is 0.712. The molecule has 0 unspecified atom stereocenters. The van der Waals surface area contributed by atoms with Crippen LogP contribution in [0.2, 0.25) is 0 Å². The summed E-state index contributed by atoms with van der Waals surface area (Å²) in [5.41, 5.74) is 4.21. The number of carbonyl (C=O) groups is 1. The molecule has 5 rings (SSSR count). The summed E-state index contributed by atoms with van der Waals surface area (Å²) in [5.74, 6) is -0.205. The first-order valence-electron chi connectivity index (χ1n) is 9.98. The van der Waals surface area contributed by atoms with Gasteiger partial charge in [-0.15, -0.1) is 5.10 Å². The monoisotopic (exact) mass is 401 g/mol. The van der Waals surface area contributed by atoms with E-state index in [9.17, 15) is 9.18 Å². The summed E-state index contributed by atoms with van der Waals surface area (Å²) < 4.78 is 15.3. The van der Waals surface area contributed by atoms with E-state index in [0.29, 0.717) is 13.0 Å². The standard InChI is InChI=1S/C23H20FN5O/c24-19-6-1-5-17(13-19)18-8-9-21-23(26-27-29(21)15-18)20-7-3-11-28(20)22(30)12-16-4-2-10-25-14-16/h1-2,4-6,8-10,13-15,20H,3,7,11-12H2/t20-/m1/s1. The Kier molecular flexibility index (Phi) is 4.71. The molecule has 150 valence electrons. The van der Waals surface area contributed by atoms with Crippen LogP contribution in [0.15, 0.2) is 67.1 Å². The first-order valence-corrected chi connectivity index (χ1v) is 9.98. The highest BCUT2D eigenvalue weighted by atomic mass is 19.1. The lowest BCUT2D eigenvalue weighted by Gasteiger charge is -2.23. The molecule has 1 saturated heterocycles. The van der Waals surface area contributed by atoms with Gasteiger partial charge in [0.1, 0.15) is 11.5 Å². The van der Waals surface area contributed by atoms with Crippen LogP contribution in [0.25, 0.3) is 16.6 Å². The fourth-order valence-electron chi connectivity index (χ4n) is 4.12. The Morgan fingerprint density at radius 2 is 2.07 bits per heavy atom. The summed E-state index contributed by atoms with van der Waals surface area (Å²) >= 11 is 0. The molecule has 1 aromatic carbocycles. The molecule has 4 aromatic rings. The third-order valence-corrected chi connectivity index (χ3v) is 5.57. The van der Waals surface area contributed by atoms with Crippen molar-refractivity contribution in [2.45, 2.75) is 25.3 Å². The molecular weight excluding hydrogens is 381 g/mol. The molecular formula is C23H20FN5O. The third-order valence-electron chi connectivity index (χ3n) is 5.57. The number of aromatic nitrogens is 4. The van der Waals surface area contributed by atoms with E-state index in [1.54, 1.807) is 23.0 Å². The Balaban J connectivity index is 1.43. The topological polar surface area (TPSA) is 63.4 Å². The minimum absolute atomic E-state index is 0.0723. The summed E-state index contributed by atoms with van der Waals surface area (Å²) in [5, 5.41) is 8.68. The molecule has 1 aliphatic heterocycles. The molecule has 3 aromatic heterocycles. The molecule has 0 N–H and O–H groups in total. The van der Waals surface area contributed by atoms with Crippen molar-refractivity contribution in [3.05, 3.63) is 84.2 Å². The highest BCUT2D eigenvalue weighted by molar-refractivity contribution is 5.80. The molecule has 1 atom stereocenters. The van der Waals surface area contributed by atoms with Gasteiger partial charge in [0.25, 0.3) is 0 Å². The zero-order valence-electron chi connectivity index (χ0n) is 16.3. The van der Waals surface area contributed by atoms with Crippen LogP contribution in [0.3, 0.4) is 0 Å². The van der Waals surface area contributed by atoms with Crippen LogP contribution in [-0.4, -0.2) is 37.2 Å². The Labute approximate surface area is 173 Å². The summed E-state index contributed by atoms with van der Waals surface area (Å²) in [4.78, 5) is 18.9. The van der Waals surface area contributed by atoms with Crippen LogP contribution in [0.4, 0.5) is 4.39 Å². The van der Waals surface area contributed by atoms with Gasteiger partial charge in [0.2, 0.25) is 5.91 Å². The van der Waals surface area contributed by atoms with Crippen LogP contribution < -0.4 is 0 Å². The van der Waals surface area contributed by atoms with Gasteiger partial charge in [0.15, 0.2) is 0 Å². The Bertz CT molecular complexity index is 1210. The molecule has 0 radical (unpaired) electrons. The fraction of sp³-hybridized carbons (Fsp3) is 0.217. The van der Waals surface area contributed by atoms with E-state index in [1.165, 1.54) is 12.1 Å². The van der Waals surface area contributed by atoms with Crippen molar-refractivity contribution in [3.8, 4) is 11.1 Å². The van der Waals surface area contributed by atoms with Crippen LogP contribution in [-0.2, 0) is 11.2 Å². The maximum Gasteiger partial charge on any atom is 0.227 e. The Morgan fingerprint density at radius 1 is 1.13 bits per heavy atom. The number of nitrogens with zero attached hydrogens (tertiary/aromatic N) is 5. The van der Waals surface area contributed by atoms with Gasteiger partial charge in [-0.05, 0) is 48.2 Å². The second-order valence-electron chi connectivity index (χ2n) is 7.52. The summed E-state index contributed by atoms with van der Waals surface area (Å²) in [6.07, 6.45) is 7.39. The number of hydrogen-bond donors (Lipinski definition) is 0. The number of halogens is 1. The Morgan fingerprint density at radius 3 is 2.90 bits per heavy atom. The molecule has 1 fully saturated rings. The van der Waals surface area contributed by atoms with Crippen molar-refractivity contribution < 1.29 is 9.18 Å². The number of pyridine rings is 2. The average molecular weight is 401 g/mol.